The van der Waals surface area contributed by atoms with Gasteiger partial charge in [-0.2, -0.15) is 0 Å². The van der Waals surface area contributed by atoms with Gasteiger partial charge in [-0.3, -0.25) is 0 Å². The third kappa shape index (κ3) is 6.33. The first kappa shape index (κ1) is 28.2. The minimum atomic E-state index is -1.08. The van der Waals surface area contributed by atoms with E-state index in [2.05, 4.69) is 10.6 Å². The second-order valence-electron chi connectivity index (χ2n) is 10.5. The van der Waals surface area contributed by atoms with Crippen LogP contribution in [0.4, 0.5) is 18.0 Å². The Labute approximate surface area is 232 Å². The minimum absolute atomic E-state index is 0.0223. The number of carbonyl (C=O) groups is 1. The number of hydrogen-bond donors (Lipinski definition) is 2. The minimum Gasteiger partial charge on any atom is -0.381 e. The van der Waals surface area contributed by atoms with Gasteiger partial charge in [-0.05, 0) is 49.4 Å². The number of aromatic nitrogens is 2. The number of rotatable bonds is 9. The molecule has 3 atom stereocenters. The van der Waals surface area contributed by atoms with Gasteiger partial charge in [-0.1, -0.05) is 30.3 Å². The number of nitrogens with zero attached hydrogens (tertiary/aromatic N) is 3. The predicted molar refractivity (Wildman–Crippen MR) is 146 cm³/mol. The number of ether oxygens (including phenoxy) is 1. The third-order valence-electron chi connectivity index (χ3n) is 7.80. The summed E-state index contributed by atoms with van der Waals surface area (Å²) in [5.74, 6) is -0.989. The van der Waals surface area contributed by atoms with Gasteiger partial charge in [0.25, 0.3) is 0 Å². The maximum Gasteiger partial charge on any atom is 0.318 e. The molecule has 3 aromatic rings. The van der Waals surface area contributed by atoms with Crippen LogP contribution < -0.4 is 10.6 Å². The molecular weight excluding hydrogens is 519 g/mol. The van der Waals surface area contributed by atoms with E-state index in [-0.39, 0.29) is 42.2 Å². The van der Waals surface area contributed by atoms with Crippen molar-refractivity contribution in [2.45, 2.75) is 38.5 Å². The molecule has 1 unspecified atom stereocenters. The van der Waals surface area contributed by atoms with Crippen molar-refractivity contribution in [1.29, 1.82) is 0 Å². The van der Waals surface area contributed by atoms with E-state index < -0.39 is 23.8 Å². The van der Waals surface area contributed by atoms with Gasteiger partial charge in [0, 0.05) is 63.6 Å². The lowest BCUT2D eigenvalue weighted by Gasteiger charge is -2.39. The van der Waals surface area contributed by atoms with E-state index >= 15 is 0 Å². The standard InChI is InChI=1S/C30H36F3N5O2/c1-2-35-30(39)38(18-22-15-34-16-26(22)33)28(21-10-12-40-13-11-21)29-36-27(24-14-23(31)8-9-25(24)32)19-37(29)17-20-6-4-3-5-7-20/h3-9,14,19,21-22,26,28,34H,2,10-13,15-18H2,1H3,(H,35,39)/t22-,26-,28?/m0/s1. The Morgan fingerprint density at radius 1 is 1.18 bits per heavy atom. The Hall–Kier alpha value is -3.37. The topological polar surface area (TPSA) is 71.4 Å². The fourth-order valence-corrected chi connectivity index (χ4v) is 5.74. The normalized spacial score (nSPS) is 20.4. The molecule has 214 valence electrons. The number of imidazole rings is 1. The second kappa shape index (κ2) is 12.9. The Kier molecular flexibility index (Phi) is 9.06. The van der Waals surface area contributed by atoms with Crippen molar-refractivity contribution >= 4 is 6.03 Å². The summed E-state index contributed by atoms with van der Waals surface area (Å²) in [7, 11) is 0. The zero-order chi connectivity index (χ0) is 28.1. The molecule has 5 rings (SSSR count). The van der Waals surface area contributed by atoms with Crippen molar-refractivity contribution in [1.82, 2.24) is 25.1 Å². The average molecular weight is 556 g/mol. The zero-order valence-corrected chi connectivity index (χ0v) is 22.7. The van der Waals surface area contributed by atoms with Crippen molar-refractivity contribution < 1.29 is 22.7 Å². The number of alkyl halides is 1. The number of carbonyl (C=O) groups excluding carboxylic acids is 1. The highest BCUT2D eigenvalue weighted by molar-refractivity contribution is 5.74. The maximum atomic E-state index is 14.9. The lowest BCUT2D eigenvalue weighted by atomic mass is 9.89. The first-order valence-corrected chi connectivity index (χ1v) is 14.0. The van der Waals surface area contributed by atoms with Crippen molar-refractivity contribution in [2.24, 2.45) is 11.8 Å². The van der Waals surface area contributed by atoms with Gasteiger partial charge in [-0.15, -0.1) is 0 Å². The molecule has 1 aromatic heterocycles. The summed E-state index contributed by atoms with van der Waals surface area (Å²) < 4.78 is 51.5. The summed E-state index contributed by atoms with van der Waals surface area (Å²) >= 11 is 0. The number of urea groups is 1. The summed E-state index contributed by atoms with van der Waals surface area (Å²) in [5.41, 5.74) is 1.32. The van der Waals surface area contributed by atoms with Gasteiger partial charge in [-0.25, -0.2) is 22.9 Å². The number of amides is 2. The molecule has 3 heterocycles. The van der Waals surface area contributed by atoms with Gasteiger partial charge in [0.05, 0.1) is 11.7 Å². The Balaban J connectivity index is 1.64. The molecule has 2 saturated heterocycles. The summed E-state index contributed by atoms with van der Waals surface area (Å²) in [4.78, 5) is 20.2. The van der Waals surface area contributed by atoms with Crippen LogP contribution in [0.25, 0.3) is 11.3 Å². The smallest absolute Gasteiger partial charge is 0.318 e. The highest BCUT2D eigenvalue weighted by Crippen LogP contribution is 2.38. The quantitative estimate of drug-likeness (QED) is 0.393. The van der Waals surface area contributed by atoms with Crippen LogP contribution in [-0.2, 0) is 11.3 Å². The summed E-state index contributed by atoms with van der Waals surface area (Å²) in [6.45, 7) is 4.66. The summed E-state index contributed by atoms with van der Waals surface area (Å²) in [6, 6.07) is 12.2. The van der Waals surface area contributed by atoms with Crippen LogP contribution in [0.15, 0.2) is 54.7 Å². The Morgan fingerprint density at radius 2 is 1.95 bits per heavy atom. The molecule has 0 radical (unpaired) electrons. The van der Waals surface area contributed by atoms with Crippen LogP contribution in [0.2, 0.25) is 0 Å². The van der Waals surface area contributed by atoms with Crippen LogP contribution in [0.5, 0.6) is 0 Å². The van der Waals surface area contributed by atoms with Crippen LogP contribution in [0.3, 0.4) is 0 Å². The van der Waals surface area contributed by atoms with Crippen LogP contribution in [-0.4, -0.2) is 66.0 Å². The van der Waals surface area contributed by atoms with Crippen molar-refractivity contribution in [3.8, 4) is 11.3 Å². The first-order valence-electron chi connectivity index (χ1n) is 14.0. The molecule has 10 heteroatoms. The summed E-state index contributed by atoms with van der Waals surface area (Å²) in [5, 5.41) is 6.00. The molecule has 7 nitrogen and oxygen atoms in total. The van der Waals surface area contributed by atoms with Crippen LogP contribution in [0, 0.1) is 23.5 Å². The molecule has 2 fully saturated rings. The molecule has 0 aliphatic carbocycles. The van der Waals surface area contributed by atoms with Gasteiger partial charge < -0.3 is 24.8 Å². The highest BCUT2D eigenvalue weighted by atomic mass is 19.1. The number of benzene rings is 2. The molecule has 2 N–H and O–H groups in total. The molecule has 2 aromatic carbocycles. The van der Waals surface area contributed by atoms with Gasteiger partial charge in [0.1, 0.15) is 23.6 Å². The van der Waals surface area contributed by atoms with Gasteiger partial charge in [0.15, 0.2) is 0 Å². The van der Waals surface area contributed by atoms with Crippen LogP contribution >= 0.6 is 0 Å². The van der Waals surface area contributed by atoms with E-state index in [1.54, 1.807) is 11.1 Å². The van der Waals surface area contributed by atoms with E-state index in [9.17, 15) is 18.0 Å². The van der Waals surface area contributed by atoms with Crippen molar-refractivity contribution in [3.05, 3.63) is 77.8 Å². The van der Waals surface area contributed by atoms with Crippen molar-refractivity contribution in [2.75, 3.05) is 39.4 Å². The Bertz CT molecular complexity index is 1280. The number of halogens is 3. The summed E-state index contributed by atoms with van der Waals surface area (Å²) in [6.07, 6.45) is 2.01. The van der Waals surface area contributed by atoms with Crippen molar-refractivity contribution in [3.63, 3.8) is 0 Å². The molecule has 2 aliphatic heterocycles. The second-order valence-corrected chi connectivity index (χ2v) is 10.5. The first-order chi connectivity index (χ1) is 19.4. The van der Waals surface area contributed by atoms with E-state index in [1.165, 1.54) is 0 Å². The molecule has 40 heavy (non-hydrogen) atoms. The number of hydrogen-bond acceptors (Lipinski definition) is 4. The lowest BCUT2D eigenvalue weighted by molar-refractivity contribution is 0.0259. The third-order valence-corrected chi connectivity index (χ3v) is 7.80. The monoisotopic (exact) mass is 555 g/mol. The molecule has 0 spiro atoms. The van der Waals surface area contributed by atoms with Gasteiger partial charge >= 0.3 is 6.03 Å². The van der Waals surface area contributed by atoms with Gasteiger partial charge in [0.2, 0.25) is 0 Å². The van der Waals surface area contributed by atoms with Crippen LogP contribution in [0.1, 0.15) is 37.2 Å². The van der Waals surface area contributed by atoms with E-state index in [4.69, 9.17) is 9.72 Å². The van der Waals surface area contributed by atoms with E-state index in [0.29, 0.717) is 51.5 Å². The molecule has 2 aliphatic rings. The highest BCUT2D eigenvalue weighted by Gasteiger charge is 2.40. The Morgan fingerprint density at radius 3 is 2.65 bits per heavy atom. The molecule has 0 bridgehead atoms. The maximum absolute atomic E-state index is 14.9. The fraction of sp³-hybridized carbons (Fsp3) is 0.467. The molecular formula is C30H36F3N5O2. The molecule has 0 saturated carbocycles. The SMILES string of the molecule is CCNC(=O)N(C[C@@H]1CNC[C@@H]1F)C(c1nc(-c2cc(F)ccc2F)cn1Cc1ccccc1)C1CCOCC1. The predicted octanol–water partition coefficient (Wildman–Crippen LogP) is 4.93. The zero-order valence-electron chi connectivity index (χ0n) is 22.7. The fourth-order valence-electron chi connectivity index (χ4n) is 5.74. The lowest BCUT2D eigenvalue weighted by Crippen LogP contribution is -2.49. The largest absolute Gasteiger partial charge is 0.381 e. The van der Waals surface area contributed by atoms with E-state index in [1.807, 2.05) is 41.8 Å². The number of nitrogens with one attached hydrogen (secondary N) is 2. The molecule has 2 amide bonds. The average Bonchev–Trinajstić information content (AvgIpc) is 3.56. The van der Waals surface area contributed by atoms with E-state index in [0.717, 1.165) is 23.8 Å².